The highest BCUT2D eigenvalue weighted by Crippen LogP contribution is 2.33. The van der Waals surface area contributed by atoms with Gasteiger partial charge in [-0.15, -0.1) is 0 Å². The van der Waals surface area contributed by atoms with E-state index >= 15 is 0 Å². The Balaban J connectivity index is 2.46. The molecule has 0 N–H and O–H groups in total. The minimum Gasteiger partial charge on any atom is -0.455 e. The number of hydrogen-bond donors (Lipinski definition) is 0. The zero-order chi connectivity index (χ0) is 14.0. The van der Waals surface area contributed by atoms with Crippen LogP contribution in [0, 0.1) is 11.6 Å². The molecule has 5 heteroatoms. The van der Waals surface area contributed by atoms with E-state index in [0.717, 1.165) is 6.07 Å². The molecule has 98 valence electrons. The van der Waals surface area contributed by atoms with Crippen molar-refractivity contribution >= 4 is 21.7 Å². The molecule has 0 aliphatic carbocycles. The Morgan fingerprint density at radius 2 is 1.89 bits per heavy atom. The van der Waals surface area contributed by atoms with Crippen LogP contribution in [0.3, 0.4) is 0 Å². The fourth-order valence-corrected chi connectivity index (χ4v) is 1.93. The monoisotopic (exact) mass is 326 g/mol. The zero-order valence-corrected chi connectivity index (χ0v) is 11.5. The van der Waals surface area contributed by atoms with Gasteiger partial charge < -0.3 is 4.74 Å². The highest BCUT2D eigenvalue weighted by atomic mass is 79.9. The molecule has 19 heavy (non-hydrogen) atoms. The van der Waals surface area contributed by atoms with Gasteiger partial charge >= 0.3 is 0 Å². The van der Waals surface area contributed by atoms with Crippen LogP contribution in [-0.4, -0.2) is 5.78 Å². The fourth-order valence-electron chi connectivity index (χ4n) is 1.60. The second-order valence-electron chi connectivity index (χ2n) is 3.85. The molecule has 0 heterocycles. The normalized spacial score (nSPS) is 10.3. The van der Waals surface area contributed by atoms with Crippen LogP contribution >= 0.6 is 15.9 Å². The van der Waals surface area contributed by atoms with E-state index in [4.69, 9.17) is 4.74 Å². The zero-order valence-electron chi connectivity index (χ0n) is 9.91. The first-order valence-electron chi connectivity index (χ1n) is 5.41. The maximum absolute atomic E-state index is 13.6. The van der Waals surface area contributed by atoms with Gasteiger partial charge in [-0.25, -0.2) is 8.78 Å². The summed E-state index contributed by atoms with van der Waals surface area (Å²) in [7, 11) is 0. The van der Waals surface area contributed by atoms with Crippen molar-refractivity contribution < 1.29 is 18.3 Å². The van der Waals surface area contributed by atoms with Crippen molar-refractivity contribution in [2.45, 2.75) is 6.92 Å². The van der Waals surface area contributed by atoms with Crippen molar-refractivity contribution in [2.24, 2.45) is 0 Å². The maximum Gasteiger partial charge on any atom is 0.166 e. The minimum atomic E-state index is -0.669. The molecule has 0 bridgehead atoms. The molecule has 2 nitrogen and oxygen atoms in total. The highest BCUT2D eigenvalue weighted by Gasteiger charge is 2.15. The Morgan fingerprint density at radius 3 is 2.58 bits per heavy atom. The molecule has 0 aliphatic rings. The summed E-state index contributed by atoms with van der Waals surface area (Å²) < 4.78 is 32.7. The molecule has 0 radical (unpaired) electrons. The molecule has 0 amide bonds. The van der Waals surface area contributed by atoms with Crippen LogP contribution in [0.4, 0.5) is 8.78 Å². The number of carbonyl (C=O) groups is 1. The van der Waals surface area contributed by atoms with Crippen molar-refractivity contribution in [3.8, 4) is 11.5 Å². The van der Waals surface area contributed by atoms with Crippen LogP contribution in [0.15, 0.2) is 40.9 Å². The number of halogens is 3. The molecule has 0 aromatic heterocycles. The molecule has 0 aliphatic heterocycles. The van der Waals surface area contributed by atoms with Crippen LogP contribution in [0.5, 0.6) is 11.5 Å². The molecule has 2 rings (SSSR count). The Bertz CT molecular complexity index is 641. The third kappa shape index (κ3) is 2.98. The highest BCUT2D eigenvalue weighted by molar-refractivity contribution is 9.10. The summed E-state index contributed by atoms with van der Waals surface area (Å²) in [4.78, 5) is 11.4. The third-order valence-corrected chi connectivity index (χ3v) is 3.10. The van der Waals surface area contributed by atoms with Crippen molar-refractivity contribution in [3.63, 3.8) is 0 Å². The molecule has 0 unspecified atom stereocenters. The molecule has 0 spiro atoms. The van der Waals surface area contributed by atoms with Gasteiger partial charge in [0.15, 0.2) is 5.78 Å². The molecule has 0 saturated heterocycles. The fraction of sp³-hybridized carbons (Fsp3) is 0.0714. The van der Waals surface area contributed by atoms with Gasteiger partial charge in [0.1, 0.15) is 23.1 Å². The lowest BCUT2D eigenvalue weighted by atomic mass is 10.1. The van der Waals surface area contributed by atoms with Gasteiger partial charge in [-0.3, -0.25) is 4.79 Å². The van der Waals surface area contributed by atoms with E-state index in [-0.39, 0.29) is 17.1 Å². The minimum absolute atomic E-state index is 0.0544. The first kappa shape index (κ1) is 13.7. The Labute approximate surface area is 117 Å². The third-order valence-electron chi connectivity index (χ3n) is 2.44. The summed E-state index contributed by atoms with van der Waals surface area (Å²) in [5, 5.41) is 0. The molecule has 0 fully saturated rings. The second kappa shape index (κ2) is 5.48. The van der Waals surface area contributed by atoms with E-state index in [9.17, 15) is 13.6 Å². The molecule has 2 aromatic rings. The smallest absolute Gasteiger partial charge is 0.166 e. The van der Waals surface area contributed by atoms with Crippen molar-refractivity contribution in [1.29, 1.82) is 0 Å². The lowest BCUT2D eigenvalue weighted by Gasteiger charge is -2.11. The number of rotatable bonds is 3. The molecule has 2 aromatic carbocycles. The summed E-state index contributed by atoms with van der Waals surface area (Å²) in [6.45, 7) is 1.24. The standard InChI is InChI=1S/C14H9BrF2O2/c1-8(18)14-11(17)3-2-4-12(14)19-13-7-9(16)5-6-10(13)15/h2-7H,1H3. The van der Waals surface area contributed by atoms with Crippen LogP contribution in [0.1, 0.15) is 17.3 Å². The SMILES string of the molecule is CC(=O)c1c(F)cccc1Oc1cc(F)ccc1Br. The van der Waals surface area contributed by atoms with E-state index < -0.39 is 17.4 Å². The largest absolute Gasteiger partial charge is 0.455 e. The van der Waals surface area contributed by atoms with E-state index in [0.29, 0.717) is 4.47 Å². The predicted molar refractivity (Wildman–Crippen MR) is 70.6 cm³/mol. The van der Waals surface area contributed by atoms with Gasteiger partial charge in [-0.05, 0) is 47.1 Å². The predicted octanol–water partition coefficient (Wildman–Crippen LogP) is 4.72. The average molecular weight is 327 g/mol. The Kier molecular flexibility index (Phi) is 3.95. The lowest BCUT2D eigenvalue weighted by molar-refractivity contribution is 0.101. The van der Waals surface area contributed by atoms with Gasteiger partial charge in [0.2, 0.25) is 0 Å². The van der Waals surface area contributed by atoms with Crippen LogP contribution in [-0.2, 0) is 0 Å². The molecule has 0 saturated carbocycles. The Hall–Kier alpha value is -1.75. The summed E-state index contributed by atoms with van der Waals surface area (Å²) in [6, 6.07) is 7.93. The Morgan fingerprint density at radius 1 is 1.16 bits per heavy atom. The van der Waals surface area contributed by atoms with Crippen LogP contribution < -0.4 is 4.74 Å². The molecule has 0 atom stereocenters. The van der Waals surface area contributed by atoms with E-state index in [2.05, 4.69) is 15.9 Å². The number of Topliss-reactive ketones (excluding diaryl/α,β-unsaturated/α-hetero) is 1. The van der Waals surface area contributed by atoms with Crippen LogP contribution in [0.25, 0.3) is 0 Å². The van der Waals surface area contributed by atoms with Crippen molar-refractivity contribution in [3.05, 3.63) is 58.1 Å². The van der Waals surface area contributed by atoms with Gasteiger partial charge in [-0.1, -0.05) is 6.07 Å². The summed E-state index contributed by atoms with van der Waals surface area (Å²) in [5.41, 5.74) is -0.154. The van der Waals surface area contributed by atoms with Gasteiger partial charge in [0, 0.05) is 6.07 Å². The van der Waals surface area contributed by atoms with Gasteiger partial charge in [-0.2, -0.15) is 0 Å². The van der Waals surface area contributed by atoms with E-state index in [1.54, 1.807) is 0 Å². The van der Waals surface area contributed by atoms with Crippen molar-refractivity contribution in [2.75, 3.05) is 0 Å². The second-order valence-corrected chi connectivity index (χ2v) is 4.70. The first-order chi connectivity index (χ1) is 8.99. The molecular formula is C14H9BrF2O2. The lowest BCUT2D eigenvalue weighted by Crippen LogP contribution is -2.01. The average Bonchev–Trinajstić information content (AvgIpc) is 2.33. The summed E-state index contributed by atoms with van der Waals surface area (Å²) in [5.74, 6) is -1.39. The van der Waals surface area contributed by atoms with Crippen molar-refractivity contribution in [1.82, 2.24) is 0 Å². The summed E-state index contributed by atoms with van der Waals surface area (Å²) >= 11 is 3.20. The van der Waals surface area contributed by atoms with Gasteiger partial charge in [0.25, 0.3) is 0 Å². The topological polar surface area (TPSA) is 26.3 Å². The molecular weight excluding hydrogens is 318 g/mol. The first-order valence-corrected chi connectivity index (χ1v) is 6.20. The van der Waals surface area contributed by atoms with E-state index in [1.807, 2.05) is 0 Å². The number of ether oxygens (including phenoxy) is 1. The number of carbonyl (C=O) groups excluding carboxylic acids is 1. The van der Waals surface area contributed by atoms with E-state index in [1.165, 1.54) is 37.3 Å². The number of benzene rings is 2. The quantitative estimate of drug-likeness (QED) is 0.763. The number of hydrogen-bond acceptors (Lipinski definition) is 2. The number of ketones is 1. The summed E-state index contributed by atoms with van der Waals surface area (Å²) in [6.07, 6.45) is 0. The van der Waals surface area contributed by atoms with Crippen LogP contribution in [0.2, 0.25) is 0 Å². The maximum atomic E-state index is 13.6. The van der Waals surface area contributed by atoms with Gasteiger partial charge in [0.05, 0.1) is 10.0 Å².